The Morgan fingerprint density at radius 3 is 2.18 bits per heavy atom. The van der Waals surface area contributed by atoms with Crippen molar-refractivity contribution in [1.82, 2.24) is 8.96 Å². The molecule has 1 heterocycles. The van der Waals surface area contributed by atoms with Crippen LogP contribution in [0.1, 0.15) is 28.5 Å². The van der Waals surface area contributed by atoms with E-state index in [1.54, 1.807) is 0 Å². The first-order valence-corrected chi connectivity index (χ1v) is 11.7. The number of aliphatic hydroxyl groups is 1. The van der Waals surface area contributed by atoms with Crippen molar-refractivity contribution in [3.63, 3.8) is 0 Å². The van der Waals surface area contributed by atoms with Gasteiger partial charge in [0.15, 0.2) is 0 Å². The van der Waals surface area contributed by atoms with E-state index >= 15 is 0 Å². The van der Waals surface area contributed by atoms with Gasteiger partial charge in [0.25, 0.3) is 11.3 Å². The molecule has 0 saturated carbocycles. The van der Waals surface area contributed by atoms with Gasteiger partial charge in [-0.2, -0.15) is 0 Å². The molecule has 0 amide bonds. The first-order valence-electron chi connectivity index (χ1n) is 10.7. The van der Waals surface area contributed by atoms with Gasteiger partial charge in [0.1, 0.15) is 12.4 Å². The largest absolute Gasteiger partial charge is 0.382 e. The fourth-order valence-corrected chi connectivity index (χ4v) is 4.24. The molecule has 7 heteroatoms. The number of imidazole rings is 1. The Bertz CT molecular complexity index is 1460. The van der Waals surface area contributed by atoms with Gasteiger partial charge in [-0.15, -0.1) is 0 Å². The summed E-state index contributed by atoms with van der Waals surface area (Å²) in [7, 11) is 0. The van der Waals surface area contributed by atoms with Gasteiger partial charge >= 0.3 is 0 Å². The van der Waals surface area contributed by atoms with Crippen LogP contribution < -0.4 is 0 Å². The average Bonchev–Trinajstić information content (AvgIpc) is 3.38. The van der Waals surface area contributed by atoms with Gasteiger partial charge in [-0.1, -0.05) is 84.9 Å². The number of rotatable bonds is 6. The number of fused-ring (bicyclic) bond motifs is 1. The van der Waals surface area contributed by atoms with E-state index < -0.39 is 17.4 Å². The van der Waals surface area contributed by atoms with Crippen molar-refractivity contribution < 1.29 is 13.9 Å². The van der Waals surface area contributed by atoms with Crippen molar-refractivity contribution in [2.45, 2.75) is 6.10 Å². The third-order valence-electron chi connectivity index (χ3n) is 5.57. The fraction of sp³-hybridized carbons (Fsp3) is 0.0370. The maximum atomic E-state index is 11.3. The van der Waals surface area contributed by atoms with Gasteiger partial charge in [-0.25, -0.2) is 18.2 Å². The lowest BCUT2D eigenvalue weighted by atomic mass is 9.98. The zero-order chi connectivity index (χ0) is 23.5. The fourth-order valence-electron chi connectivity index (χ4n) is 3.92. The molecular formula is C27H21N3O3S. The molecule has 0 saturated heterocycles. The highest BCUT2D eigenvalue weighted by molar-refractivity contribution is 7.77. The molecule has 2 atom stereocenters. The zero-order valence-corrected chi connectivity index (χ0v) is 18.8. The van der Waals surface area contributed by atoms with E-state index in [1.165, 1.54) is 12.5 Å². The van der Waals surface area contributed by atoms with Crippen molar-refractivity contribution >= 4 is 33.4 Å². The second kappa shape index (κ2) is 9.52. The molecule has 0 bridgehead atoms. The smallest absolute Gasteiger partial charge is 0.266 e. The number of hydrogen-bond acceptors (Lipinski definition) is 4. The second-order valence-electron chi connectivity index (χ2n) is 7.74. The summed E-state index contributed by atoms with van der Waals surface area (Å²) in [5, 5.41) is 12.8. The van der Waals surface area contributed by atoms with Crippen molar-refractivity contribution in [2.75, 3.05) is 0 Å². The maximum absolute atomic E-state index is 11.3. The molecule has 0 aliphatic heterocycles. The molecule has 1 aromatic heterocycles. The Morgan fingerprint density at radius 2 is 1.56 bits per heavy atom. The van der Waals surface area contributed by atoms with Crippen molar-refractivity contribution in [2.24, 2.45) is 4.99 Å². The molecule has 0 aliphatic rings. The molecular weight excluding hydrogens is 446 g/mol. The second-order valence-corrected chi connectivity index (χ2v) is 8.62. The van der Waals surface area contributed by atoms with E-state index in [0.717, 1.165) is 37.3 Å². The standard InChI is InChI=1S/C27H21N3O3S/c31-27(25-17-30(18-28-25)34(32)33)23-13-7-12-19-14-15-22(16-24(19)23)29-26(20-8-3-1-4-9-20)21-10-5-2-6-11-21/h1-18,27,31H,(H,32,33). The highest BCUT2D eigenvalue weighted by atomic mass is 32.2. The summed E-state index contributed by atoms with van der Waals surface area (Å²) in [5.41, 5.74) is 4.54. The molecule has 2 N–H and O–H groups in total. The number of aliphatic imine (C=N–C) groups is 1. The van der Waals surface area contributed by atoms with Gasteiger partial charge in [0.05, 0.1) is 17.1 Å². The van der Waals surface area contributed by atoms with Crippen LogP contribution in [0.4, 0.5) is 5.69 Å². The zero-order valence-electron chi connectivity index (χ0n) is 18.0. The maximum Gasteiger partial charge on any atom is 0.266 e. The minimum absolute atomic E-state index is 0.290. The van der Waals surface area contributed by atoms with Crippen LogP contribution in [0, 0.1) is 0 Å². The summed E-state index contributed by atoms with van der Waals surface area (Å²) in [6.07, 6.45) is 1.53. The highest BCUT2D eigenvalue weighted by Gasteiger charge is 2.17. The van der Waals surface area contributed by atoms with E-state index in [2.05, 4.69) is 4.98 Å². The minimum atomic E-state index is -2.23. The molecule has 34 heavy (non-hydrogen) atoms. The summed E-state index contributed by atoms with van der Waals surface area (Å²) >= 11 is -2.23. The number of hydrogen-bond donors (Lipinski definition) is 2. The summed E-state index contributed by atoms with van der Waals surface area (Å²) in [6, 6.07) is 31.6. The van der Waals surface area contributed by atoms with Gasteiger partial charge in [-0.3, -0.25) is 4.55 Å². The molecule has 0 spiro atoms. The predicted molar refractivity (Wildman–Crippen MR) is 135 cm³/mol. The van der Waals surface area contributed by atoms with Crippen LogP contribution in [-0.4, -0.2) is 28.5 Å². The summed E-state index contributed by atoms with van der Waals surface area (Å²) in [4.78, 5) is 9.09. The van der Waals surface area contributed by atoms with E-state index in [4.69, 9.17) is 4.99 Å². The van der Waals surface area contributed by atoms with E-state index in [1.807, 2.05) is 97.1 Å². The molecule has 6 nitrogen and oxygen atoms in total. The molecule has 2 unspecified atom stereocenters. The van der Waals surface area contributed by atoms with Crippen LogP contribution >= 0.6 is 0 Å². The predicted octanol–water partition coefficient (Wildman–Crippen LogP) is 5.27. The third-order valence-corrected chi connectivity index (χ3v) is 6.13. The lowest BCUT2D eigenvalue weighted by molar-refractivity contribution is 0.217. The van der Waals surface area contributed by atoms with E-state index in [9.17, 15) is 13.9 Å². The third kappa shape index (κ3) is 4.45. The first kappa shape index (κ1) is 21.9. The molecule has 4 aromatic carbocycles. The molecule has 0 fully saturated rings. The lowest BCUT2D eigenvalue weighted by Crippen LogP contribution is -2.03. The van der Waals surface area contributed by atoms with Gasteiger partial charge < -0.3 is 5.11 Å². The Kier molecular flexibility index (Phi) is 6.14. The Morgan fingerprint density at radius 1 is 0.882 bits per heavy atom. The normalized spacial score (nSPS) is 12.9. The summed E-state index contributed by atoms with van der Waals surface area (Å²) in [6.45, 7) is 0. The van der Waals surface area contributed by atoms with Crippen LogP contribution in [0.2, 0.25) is 0 Å². The van der Waals surface area contributed by atoms with Crippen molar-refractivity contribution in [3.8, 4) is 0 Å². The quantitative estimate of drug-likeness (QED) is 0.263. The summed E-state index contributed by atoms with van der Waals surface area (Å²) < 4.78 is 21.6. The molecule has 0 aliphatic carbocycles. The monoisotopic (exact) mass is 467 g/mol. The van der Waals surface area contributed by atoms with Gasteiger partial charge in [-0.05, 0) is 28.5 Å². The van der Waals surface area contributed by atoms with Crippen LogP contribution in [0.15, 0.2) is 115 Å². The van der Waals surface area contributed by atoms with Gasteiger partial charge in [0.2, 0.25) is 0 Å². The number of benzene rings is 4. The SMILES string of the molecule is O=S(O)n1cnc(C(O)c2cccc3ccc(N=C(c4ccccc4)c4ccccc4)cc23)c1. The average molecular weight is 468 g/mol. The lowest BCUT2D eigenvalue weighted by Gasteiger charge is -2.13. The van der Waals surface area contributed by atoms with Gasteiger partial charge in [0, 0.05) is 17.3 Å². The molecule has 168 valence electrons. The van der Waals surface area contributed by atoms with E-state index in [0.29, 0.717) is 5.56 Å². The Hall–Kier alpha value is -3.91. The minimum Gasteiger partial charge on any atom is -0.382 e. The topological polar surface area (TPSA) is 87.7 Å². The van der Waals surface area contributed by atoms with E-state index in [-0.39, 0.29) is 5.69 Å². The number of aliphatic hydroxyl groups excluding tert-OH is 1. The van der Waals surface area contributed by atoms with Crippen LogP contribution in [0.3, 0.4) is 0 Å². The molecule has 0 radical (unpaired) electrons. The molecule has 5 rings (SSSR count). The number of nitrogens with zero attached hydrogens (tertiary/aromatic N) is 3. The summed E-state index contributed by atoms with van der Waals surface area (Å²) in [5.74, 6) is 0. The van der Waals surface area contributed by atoms with Crippen LogP contribution in [0.25, 0.3) is 10.8 Å². The van der Waals surface area contributed by atoms with Crippen LogP contribution in [-0.2, 0) is 11.3 Å². The number of aromatic nitrogens is 2. The Balaban J connectivity index is 1.62. The highest BCUT2D eigenvalue weighted by Crippen LogP contribution is 2.31. The van der Waals surface area contributed by atoms with Crippen molar-refractivity contribution in [1.29, 1.82) is 0 Å². The Labute approximate surface area is 199 Å². The molecule has 5 aromatic rings. The first-order chi connectivity index (χ1) is 16.6. The van der Waals surface area contributed by atoms with Crippen molar-refractivity contribution in [3.05, 3.63) is 132 Å². The van der Waals surface area contributed by atoms with Crippen LogP contribution in [0.5, 0.6) is 0 Å².